The van der Waals surface area contributed by atoms with Crippen LogP contribution in [0.15, 0.2) is 66.7 Å². The molecule has 1 atom stereocenters. The second-order valence-electron chi connectivity index (χ2n) is 9.50. The van der Waals surface area contributed by atoms with Gasteiger partial charge in [-0.15, -0.1) is 0 Å². The Morgan fingerprint density at radius 2 is 1.70 bits per heavy atom. The zero-order valence-electron chi connectivity index (χ0n) is 22.5. The molecule has 0 aromatic heterocycles. The van der Waals surface area contributed by atoms with Gasteiger partial charge in [-0.1, -0.05) is 42.0 Å². The van der Waals surface area contributed by atoms with E-state index < -0.39 is 11.9 Å². The van der Waals surface area contributed by atoms with Crippen molar-refractivity contribution in [3.05, 3.63) is 94.5 Å². The van der Waals surface area contributed by atoms with E-state index in [0.29, 0.717) is 36.6 Å². The van der Waals surface area contributed by atoms with E-state index in [0.717, 1.165) is 16.7 Å². The zero-order valence-corrected chi connectivity index (χ0v) is 22.5. The van der Waals surface area contributed by atoms with Gasteiger partial charge in [0.15, 0.2) is 0 Å². The number of anilines is 1. The number of nitrogens with one attached hydrogen (secondary N) is 3. The van der Waals surface area contributed by atoms with Crippen molar-refractivity contribution < 1.29 is 23.9 Å². The molecule has 0 saturated carbocycles. The summed E-state index contributed by atoms with van der Waals surface area (Å²) < 4.78 is 5.81. The normalized spacial score (nSPS) is 15.9. The number of amides is 5. The van der Waals surface area contributed by atoms with E-state index in [4.69, 9.17) is 4.74 Å². The molecular weight excluding hydrogens is 510 g/mol. The Morgan fingerprint density at radius 1 is 1.00 bits per heavy atom. The maximum Gasteiger partial charge on any atom is 0.319 e. The van der Waals surface area contributed by atoms with Gasteiger partial charge >= 0.3 is 6.03 Å². The van der Waals surface area contributed by atoms with Gasteiger partial charge in [0.05, 0.1) is 0 Å². The third kappa shape index (κ3) is 6.83. The van der Waals surface area contributed by atoms with Crippen molar-refractivity contribution >= 4 is 29.4 Å². The molecule has 1 saturated heterocycles. The van der Waals surface area contributed by atoms with Gasteiger partial charge in [-0.25, -0.2) is 4.79 Å². The molecule has 0 radical (unpaired) electrons. The molecule has 2 aliphatic heterocycles. The van der Waals surface area contributed by atoms with Crippen LogP contribution < -0.4 is 26.4 Å². The number of ether oxygens (including phenoxy) is 1. The average Bonchev–Trinajstić information content (AvgIpc) is 3.28. The number of carbonyl (C=O) groups is 4. The van der Waals surface area contributed by atoms with Gasteiger partial charge in [-0.2, -0.15) is 0 Å². The summed E-state index contributed by atoms with van der Waals surface area (Å²) in [5, 5.41) is 7.92. The Morgan fingerprint density at radius 3 is 2.40 bits per heavy atom. The molecule has 2 heterocycles. The number of urea groups is 1. The van der Waals surface area contributed by atoms with E-state index in [1.165, 1.54) is 17.5 Å². The van der Waals surface area contributed by atoms with E-state index >= 15 is 0 Å². The molecular formula is C30H33N5O5. The molecule has 10 heteroatoms. The van der Waals surface area contributed by atoms with Crippen molar-refractivity contribution in [1.29, 1.82) is 0 Å². The number of nitrogens with zero attached hydrogens (tertiary/aromatic N) is 1. The van der Waals surface area contributed by atoms with Crippen LogP contribution in [0.5, 0.6) is 5.75 Å². The largest absolute Gasteiger partial charge is 0.489 e. The van der Waals surface area contributed by atoms with Crippen molar-refractivity contribution in [3.63, 3.8) is 0 Å². The minimum absolute atomic E-state index is 0.212. The lowest BCUT2D eigenvalue weighted by molar-refractivity contribution is -0.136. The monoisotopic (exact) mass is 543 g/mol. The number of rotatable bonds is 7. The van der Waals surface area contributed by atoms with Crippen molar-refractivity contribution in [2.24, 2.45) is 5.73 Å². The first-order valence-corrected chi connectivity index (χ1v) is 13.0. The second-order valence-corrected chi connectivity index (χ2v) is 9.50. The first-order valence-electron chi connectivity index (χ1n) is 13.0. The summed E-state index contributed by atoms with van der Waals surface area (Å²) >= 11 is 0. The number of imide groups is 1. The highest BCUT2D eigenvalue weighted by Gasteiger charge is 2.39. The van der Waals surface area contributed by atoms with E-state index in [2.05, 4.69) is 21.7 Å². The summed E-state index contributed by atoms with van der Waals surface area (Å²) in [6.07, 6.45) is 0.531. The summed E-state index contributed by atoms with van der Waals surface area (Å²) in [5.74, 6) is -0.273. The van der Waals surface area contributed by atoms with E-state index in [9.17, 15) is 19.2 Å². The topological polar surface area (TPSA) is 143 Å². The lowest BCUT2D eigenvalue weighted by Crippen LogP contribution is -2.52. The molecule has 0 spiro atoms. The first-order chi connectivity index (χ1) is 19.4. The quantitative estimate of drug-likeness (QED) is 0.337. The molecule has 5 amide bonds. The molecule has 1 unspecified atom stereocenters. The van der Waals surface area contributed by atoms with Crippen molar-refractivity contribution in [2.75, 3.05) is 12.4 Å². The standard InChI is InChI=1S/C29H28N4O5.CH5N/c1-18-2-4-19(5-3-18)17-38-23-9-7-22(8-10-23)31-29(37)30-15-20-6-11-24-21(14-20)16-33(28(24)36)25-12-13-26(34)32-27(25)35;1-2/h2-11,14,25H,12-13,15-17H2,1H3,(H2,30,31,37)(H,32,34,35);2H2,1H3. The van der Waals surface area contributed by atoms with Crippen LogP contribution in [0.3, 0.4) is 0 Å². The van der Waals surface area contributed by atoms with Crippen LogP contribution in [0.2, 0.25) is 0 Å². The minimum Gasteiger partial charge on any atom is -0.489 e. The van der Waals surface area contributed by atoms with Gasteiger partial charge in [0.1, 0.15) is 18.4 Å². The SMILES string of the molecule is CN.Cc1ccc(COc2ccc(NC(=O)NCc3ccc4c(c3)CN(C3CCC(=O)NC3=O)C4=O)cc2)cc1. The molecule has 1 fully saturated rings. The number of carbonyl (C=O) groups excluding carboxylic acids is 4. The summed E-state index contributed by atoms with van der Waals surface area (Å²) in [6, 6.07) is 19.6. The van der Waals surface area contributed by atoms with Gasteiger partial charge in [0.25, 0.3) is 5.91 Å². The Bertz CT molecular complexity index is 1390. The average molecular weight is 544 g/mol. The molecule has 3 aromatic carbocycles. The van der Waals surface area contributed by atoms with Crippen LogP contribution in [-0.4, -0.2) is 41.7 Å². The second kappa shape index (κ2) is 12.9. The Labute approximate surface area is 232 Å². The number of aryl methyl sites for hydroxylation is 1. The van der Waals surface area contributed by atoms with Crippen molar-refractivity contribution in [1.82, 2.24) is 15.5 Å². The van der Waals surface area contributed by atoms with Gasteiger partial charge < -0.3 is 26.0 Å². The van der Waals surface area contributed by atoms with Gasteiger partial charge in [0, 0.05) is 30.8 Å². The van der Waals surface area contributed by atoms with Gasteiger partial charge in [0.2, 0.25) is 11.8 Å². The van der Waals surface area contributed by atoms with E-state index in [-0.39, 0.29) is 30.8 Å². The van der Waals surface area contributed by atoms with Gasteiger partial charge in [-0.3, -0.25) is 19.7 Å². The number of hydrogen-bond acceptors (Lipinski definition) is 6. The number of piperidine rings is 1. The third-order valence-corrected chi connectivity index (χ3v) is 6.68. The fraction of sp³-hybridized carbons (Fsp3) is 0.267. The number of hydrogen-bond donors (Lipinski definition) is 4. The number of fused-ring (bicyclic) bond motifs is 1. The van der Waals surface area contributed by atoms with Crippen LogP contribution in [0.1, 0.15) is 45.5 Å². The number of benzene rings is 3. The van der Waals surface area contributed by atoms with Gasteiger partial charge in [-0.05, 0) is 67.4 Å². The lowest BCUT2D eigenvalue weighted by atomic mass is 10.0. The molecule has 40 heavy (non-hydrogen) atoms. The van der Waals surface area contributed by atoms with Crippen LogP contribution in [0, 0.1) is 6.92 Å². The molecule has 0 aliphatic carbocycles. The Hall–Kier alpha value is -4.70. The van der Waals surface area contributed by atoms with Crippen LogP contribution >= 0.6 is 0 Å². The van der Waals surface area contributed by atoms with E-state index in [1.54, 1.807) is 36.4 Å². The maximum absolute atomic E-state index is 12.8. The fourth-order valence-electron chi connectivity index (χ4n) is 4.58. The number of nitrogens with two attached hydrogens (primary N) is 1. The summed E-state index contributed by atoms with van der Waals surface area (Å²) in [5.41, 5.74) is 9.57. The Balaban J connectivity index is 0.00000181. The van der Waals surface area contributed by atoms with Crippen LogP contribution in [-0.2, 0) is 29.3 Å². The first kappa shape index (κ1) is 28.3. The molecule has 5 rings (SSSR count). The zero-order chi connectivity index (χ0) is 28.6. The van der Waals surface area contributed by atoms with Crippen LogP contribution in [0.4, 0.5) is 10.5 Å². The predicted octanol–water partition coefficient (Wildman–Crippen LogP) is 3.23. The van der Waals surface area contributed by atoms with E-state index in [1.807, 2.05) is 37.3 Å². The minimum atomic E-state index is -0.653. The Kier molecular flexibility index (Phi) is 9.13. The fourth-order valence-corrected chi connectivity index (χ4v) is 4.58. The molecule has 3 aromatic rings. The van der Waals surface area contributed by atoms with Crippen molar-refractivity contribution in [3.8, 4) is 5.75 Å². The lowest BCUT2D eigenvalue weighted by Gasteiger charge is -2.29. The molecule has 10 nitrogen and oxygen atoms in total. The van der Waals surface area contributed by atoms with Crippen LogP contribution in [0.25, 0.3) is 0 Å². The van der Waals surface area contributed by atoms with Crippen molar-refractivity contribution in [2.45, 2.75) is 45.5 Å². The molecule has 208 valence electrons. The highest BCUT2D eigenvalue weighted by atomic mass is 16.5. The molecule has 5 N–H and O–H groups in total. The molecule has 2 aliphatic rings. The smallest absolute Gasteiger partial charge is 0.319 e. The third-order valence-electron chi connectivity index (χ3n) is 6.68. The predicted molar refractivity (Wildman–Crippen MR) is 150 cm³/mol. The maximum atomic E-state index is 12.8. The summed E-state index contributed by atoms with van der Waals surface area (Å²) in [6.45, 7) is 3.06. The summed E-state index contributed by atoms with van der Waals surface area (Å²) in [7, 11) is 1.50. The molecule has 0 bridgehead atoms. The highest BCUT2D eigenvalue weighted by Crippen LogP contribution is 2.28. The highest BCUT2D eigenvalue weighted by molar-refractivity contribution is 6.05. The summed E-state index contributed by atoms with van der Waals surface area (Å²) in [4.78, 5) is 50.4.